The Balaban J connectivity index is 3.38. The minimum absolute atomic E-state index is 0.0449. The van der Waals surface area contributed by atoms with Gasteiger partial charge in [-0.05, 0) is 18.0 Å². The van der Waals surface area contributed by atoms with Gasteiger partial charge in [-0.3, -0.25) is 10.1 Å². The molecule has 0 fully saturated rings. The third-order valence-electron chi connectivity index (χ3n) is 3.06. The predicted molar refractivity (Wildman–Crippen MR) is 77.8 cm³/mol. The second-order valence-corrected chi connectivity index (χ2v) is 4.95. The maximum atomic E-state index is 12.6. The fourth-order valence-corrected chi connectivity index (χ4v) is 2.12. The van der Waals surface area contributed by atoms with Crippen LogP contribution in [-0.2, 0) is 9.53 Å². The molecule has 0 saturated carbocycles. The first-order chi connectivity index (χ1) is 11.1. The van der Waals surface area contributed by atoms with E-state index in [0.29, 0.717) is 0 Å². The Hall–Kier alpha value is -2.17. The van der Waals surface area contributed by atoms with Crippen LogP contribution in [-0.4, -0.2) is 46.7 Å². The number of aromatic nitrogens is 2. The van der Waals surface area contributed by atoms with Crippen LogP contribution in [0.15, 0.2) is 6.20 Å². The molecule has 0 unspecified atom stereocenters. The van der Waals surface area contributed by atoms with Crippen LogP contribution in [0.1, 0.15) is 19.8 Å². The zero-order valence-corrected chi connectivity index (χ0v) is 13.5. The highest BCUT2D eigenvalue weighted by molar-refractivity contribution is 6.28. The smallest absolute Gasteiger partial charge is 0.390 e. The summed E-state index contributed by atoms with van der Waals surface area (Å²) in [5.41, 5.74) is -0.663. The molecule has 0 aliphatic carbocycles. The van der Waals surface area contributed by atoms with Crippen LogP contribution in [0.4, 0.5) is 24.7 Å². The van der Waals surface area contributed by atoms with Crippen LogP contribution >= 0.6 is 11.6 Å². The summed E-state index contributed by atoms with van der Waals surface area (Å²) in [6, 6.07) is -1.19. The summed E-state index contributed by atoms with van der Waals surface area (Å²) >= 11 is 5.61. The first-order valence-corrected chi connectivity index (χ1v) is 7.06. The number of carbonyl (C=O) groups is 1. The molecule has 8 nitrogen and oxygen atoms in total. The van der Waals surface area contributed by atoms with Crippen molar-refractivity contribution in [2.45, 2.75) is 32.0 Å². The van der Waals surface area contributed by atoms with E-state index in [1.807, 2.05) is 0 Å². The number of nitrogens with zero attached hydrogens (tertiary/aromatic N) is 4. The van der Waals surface area contributed by atoms with Crippen molar-refractivity contribution in [1.29, 1.82) is 0 Å². The van der Waals surface area contributed by atoms with Crippen molar-refractivity contribution in [2.75, 3.05) is 18.6 Å². The van der Waals surface area contributed by atoms with Crippen LogP contribution in [0.3, 0.4) is 0 Å². The second kappa shape index (κ2) is 8.08. The van der Waals surface area contributed by atoms with E-state index in [0.717, 1.165) is 18.2 Å². The summed E-state index contributed by atoms with van der Waals surface area (Å²) in [6.07, 6.45) is -5.02. The monoisotopic (exact) mass is 370 g/mol. The van der Waals surface area contributed by atoms with Gasteiger partial charge in [0, 0.05) is 6.54 Å². The lowest BCUT2D eigenvalue weighted by Crippen LogP contribution is -2.44. The number of hydrogen-bond donors (Lipinski definition) is 0. The third kappa shape index (κ3) is 5.18. The molecule has 1 aromatic rings. The Morgan fingerprint density at radius 3 is 2.62 bits per heavy atom. The van der Waals surface area contributed by atoms with Gasteiger partial charge in [-0.15, -0.1) is 0 Å². The first-order valence-electron chi connectivity index (χ1n) is 6.68. The molecule has 0 aliphatic rings. The van der Waals surface area contributed by atoms with E-state index in [9.17, 15) is 28.1 Å². The highest BCUT2D eigenvalue weighted by atomic mass is 35.5. The summed E-state index contributed by atoms with van der Waals surface area (Å²) < 4.78 is 42.3. The van der Waals surface area contributed by atoms with Gasteiger partial charge in [0.2, 0.25) is 11.1 Å². The van der Waals surface area contributed by atoms with E-state index in [1.165, 1.54) is 6.92 Å². The molecule has 1 atom stereocenters. The molecule has 0 saturated heterocycles. The minimum atomic E-state index is -4.53. The average Bonchev–Trinajstić information content (AvgIpc) is 2.49. The van der Waals surface area contributed by atoms with Crippen LogP contribution < -0.4 is 4.90 Å². The van der Waals surface area contributed by atoms with Gasteiger partial charge in [0.05, 0.1) is 18.5 Å². The van der Waals surface area contributed by atoms with E-state index in [-0.39, 0.29) is 6.42 Å². The number of methoxy groups -OCH3 is 1. The quantitative estimate of drug-likeness (QED) is 0.315. The minimum Gasteiger partial charge on any atom is -0.467 e. The molecule has 1 heterocycles. The molecule has 24 heavy (non-hydrogen) atoms. The van der Waals surface area contributed by atoms with Gasteiger partial charge < -0.3 is 9.64 Å². The molecule has 0 N–H and O–H groups in total. The van der Waals surface area contributed by atoms with Gasteiger partial charge in [0.25, 0.3) is 0 Å². The van der Waals surface area contributed by atoms with Crippen molar-refractivity contribution < 1.29 is 27.6 Å². The number of nitro groups is 1. The first kappa shape index (κ1) is 19.9. The van der Waals surface area contributed by atoms with E-state index in [1.54, 1.807) is 0 Å². The normalized spacial score (nSPS) is 12.6. The largest absolute Gasteiger partial charge is 0.467 e. The van der Waals surface area contributed by atoms with Crippen LogP contribution in [0.2, 0.25) is 5.28 Å². The summed E-state index contributed by atoms with van der Waals surface area (Å²) in [5, 5.41) is 10.7. The van der Waals surface area contributed by atoms with Crippen LogP contribution in [0, 0.1) is 10.1 Å². The molecular weight excluding hydrogens is 357 g/mol. The lowest BCUT2D eigenvalue weighted by Gasteiger charge is -2.30. The van der Waals surface area contributed by atoms with Crippen LogP contribution in [0.5, 0.6) is 0 Å². The fourth-order valence-electron chi connectivity index (χ4n) is 1.99. The molecule has 134 valence electrons. The van der Waals surface area contributed by atoms with Gasteiger partial charge in [-0.25, -0.2) is 9.78 Å². The van der Waals surface area contributed by atoms with E-state index in [2.05, 4.69) is 14.7 Å². The maximum Gasteiger partial charge on any atom is 0.390 e. The van der Waals surface area contributed by atoms with Crippen molar-refractivity contribution >= 4 is 29.1 Å². The van der Waals surface area contributed by atoms with Gasteiger partial charge in [0.1, 0.15) is 12.2 Å². The Morgan fingerprint density at radius 1 is 1.54 bits per heavy atom. The Bertz CT molecular complexity index is 614. The summed E-state index contributed by atoms with van der Waals surface area (Å²) in [5.74, 6) is -1.31. The highest BCUT2D eigenvalue weighted by Gasteiger charge is 2.35. The molecule has 0 spiro atoms. The van der Waals surface area contributed by atoms with Crippen molar-refractivity contribution in [3.63, 3.8) is 0 Å². The van der Waals surface area contributed by atoms with Gasteiger partial charge in [0.15, 0.2) is 0 Å². The highest BCUT2D eigenvalue weighted by Crippen LogP contribution is 2.31. The van der Waals surface area contributed by atoms with Gasteiger partial charge in [-0.2, -0.15) is 18.2 Å². The van der Waals surface area contributed by atoms with Crippen molar-refractivity contribution in [1.82, 2.24) is 9.97 Å². The summed E-state index contributed by atoms with van der Waals surface area (Å²) in [6.45, 7) is 0.794. The SMILES string of the molecule is CC[C@H](C(=O)OC)N(CCC(F)(F)F)c1nc(Cl)ncc1[N+](=O)[O-]. The Kier molecular flexibility index (Phi) is 6.70. The standard InChI is InChI=1S/C12H14ClF3N4O4/c1-3-7(10(21)24-2)19(5-4-12(14,15)16)9-8(20(22)23)6-17-11(13)18-9/h6-7H,3-5H2,1-2H3/t7-/m1/s1. The van der Waals surface area contributed by atoms with E-state index >= 15 is 0 Å². The van der Waals surface area contributed by atoms with Crippen molar-refractivity contribution in [3.05, 3.63) is 21.6 Å². The molecule has 0 radical (unpaired) electrons. The number of rotatable bonds is 7. The Morgan fingerprint density at radius 2 is 2.17 bits per heavy atom. The summed E-state index contributed by atoms with van der Waals surface area (Å²) in [4.78, 5) is 30.1. The fraction of sp³-hybridized carbons (Fsp3) is 0.583. The third-order valence-corrected chi connectivity index (χ3v) is 3.24. The lowest BCUT2D eigenvalue weighted by atomic mass is 10.1. The van der Waals surface area contributed by atoms with Crippen molar-refractivity contribution in [2.24, 2.45) is 0 Å². The molecule has 0 aromatic carbocycles. The molecule has 0 aliphatic heterocycles. The molecule has 12 heteroatoms. The number of halogens is 4. The number of esters is 1. The number of ether oxygens (including phenoxy) is 1. The lowest BCUT2D eigenvalue weighted by molar-refractivity contribution is -0.384. The van der Waals surface area contributed by atoms with Gasteiger partial charge >= 0.3 is 17.8 Å². The average molecular weight is 371 g/mol. The molecule has 0 bridgehead atoms. The maximum absolute atomic E-state index is 12.6. The Labute approximate surface area is 139 Å². The summed E-state index contributed by atoms with van der Waals surface area (Å²) in [7, 11) is 1.06. The van der Waals surface area contributed by atoms with E-state index in [4.69, 9.17) is 11.6 Å². The molecule has 0 amide bonds. The number of anilines is 1. The zero-order chi connectivity index (χ0) is 18.5. The molecule has 1 aromatic heterocycles. The topological polar surface area (TPSA) is 98.5 Å². The zero-order valence-electron chi connectivity index (χ0n) is 12.7. The predicted octanol–water partition coefficient (Wildman–Crippen LogP) is 2.75. The molecular formula is C12H14ClF3N4O4. The van der Waals surface area contributed by atoms with E-state index < -0.39 is 52.9 Å². The van der Waals surface area contributed by atoms with Crippen molar-refractivity contribution in [3.8, 4) is 0 Å². The molecule has 1 rings (SSSR count). The number of carbonyl (C=O) groups excluding carboxylic acids is 1. The number of alkyl halides is 3. The van der Waals surface area contributed by atoms with Crippen LogP contribution in [0.25, 0.3) is 0 Å². The number of hydrogen-bond acceptors (Lipinski definition) is 7. The van der Waals surface area contributed by atoms with Gasteiger partial charge in [-0.1, -0.05) is 6.92 Å². The second-order valence-electron chi connectivity index (χ2n) is 4.61.